The van der Waals surface area contributed by atoms with E-state index in [2.05, 4.69) is 20.7 Å². The first-order chi connectivity index (χ1) is 7.10. The van der Waals surface area contributed by atoms with Crippen LogP contribution in [0.1, 0.15) is 32.6 Å². The number of nitrogens with zero attached hydrogens (tertiary/aromatic N) is 1. The van der Waals surface area contributed by atoms with Gasteiger partial charge in [0.25, 0.3) is 10.2 Å². The van der Waals surface area contributed by atoms with Gasteiger partial charge in [0.2, 0.25) is 0 Å². The number of hydrogen-bond acceptors (Lipinski definition) is 2. The fourth-order valence-electron chi connectivity index (χ4n) is 1.69. The van der Waals surface area contributed by atoms with Crippen LogP contribution < -0.4 is 4.72 Å². The first-order valence-electron chi connectivity index (χ1n) is 5.43. The standard InChI is InChI=1S/C9H19BrN2O2S/c1-2-9(5-6-10)11-15(13,14)12-7-3-4-8-12/h9,11H,2-8H2,1H3. The minimum atomic E-state index is -3.23. The highest BCUT2D eigenvalue weighted by Gasteiger charge is 2.26. The molecule has 0 radical (unpaired) electrons. The van der Waals surface area contributed by atoms with Crippen molar-refractivity contribution in [3.63, 3.8) is 0 Å². The molecule has 6 heteroatoms. The summed E-state index contributed by atoms with van der Waals surface area (Å²) >= 11 is 3.33. The maximum Gasteiger partial charge on any atom is 0.279 e. The number of rotatable bonds is 6. The van der Waals surface area contributed by atoms with Gasteiger partial charge in [-0.1, -0.05) is 22.9 Å². The molecule has 0 saturated carbocycles. The summed E-state index contributed by atoms with van der Waals surface area (Å²) < 4.78 is 28.1. The summed E-state index contributed by atoms with van der Waals surface area (Å²) in [6.45, 7) is 3.33. The largest absolute Gasteiger partial charge is 0.279 e. The number of nitrogens with one attached hydrogen (secondary N) is 1. The first-order valence-corrected chi connectivity index (χ1v) is 7.99. The van der Waals surface area contributed by atoms with E-state index in [9.17, 15) is 8.42 Å². The Morgan fingerprint density at radius 2 is 2.00 bits per heavy atom. The Balaban J connectivity index is 2.53. The van der Waals surface area contributed by atoms with Crippen molar-refractivity contribution >= 4 is 26.1 Å². The highest BCUT2D eigenvalue weighted by Crippen LogP contribution is 2.13. The molecule has 1 saturated heterocycles. The van der Waals surface area contributed by atoms with Gasteiger partial charge in [0, 0.05) is 24.5 Å². The molecule has 90 valence electrons. The molecule has 1 rings (SSSR count). The fraction of sp³-hybridized carbons (Fsp3) is 1.00. The van der Waals surface area contributed by atoms with Crippen molar-refractivity contribution in [2.75, 3.05) is 18.4 Å². The molecular formula is C9H19BrN2O2S. The average Bonchev–Trinajstić information content (AvgIpc) is 2.70. The Morgan fingerprint density at radius 1 is 1.40 bits per heavy atom. The normalized spacial score (nSPS) is 20.7. The topological polar surface area (TPSA) is 49.4 Å². The van der Waals surface area contributed by atoms with E-state index < -0.39 is 10.2 Å². The van der Waals surface area contributed by atoms with Gasteiger partial charge in [-0.2, -0.15) is 17.4 Å². The Labute approximate surface area is 101 Å². The van der Waals surface area contributed by atoms with Crippen LogP contribution in [-0.4, -0.2) is 37.2 Å². The molecule has 0 aromatic rings. The Morgan fingerprint density at radius 3 is 2.47 bits per heavy atom. The van der Waals surface area contributed by atoms with E-state index in [4.69, 9.17) is 0 Å². The van der Waals surface area contributed by atoms with Crippen LogP contribution in [0.2, 0.25) is 0 Å². The molecule has 0 bridgehead atoms. The minimum Gasteiger partial charge on any atom is -0.199 e. The van der Waals surface area contributed by atoms with Crippen molar-refractivity contribution in [2.45, 2.75) is 38.6 Å². The predicted molar refractivity (Wildman–Crippen MR) is 65.4 cm³/mol. The van der Waals surface area contributed by atoms with Crippen LogP contribution >= 0.6 is 15.9 Å². The Bertz CT molecular complexity index is 276. The zero-order chi connectivity index (χ0) is 11.3. The maximum atomic E-state index is 11.9. The van der Waals surface area contributed by atoms with Crippen LogP contribution in [0.3, 0.4) is 0 Å². The lowest BCUT2D eigenvalue weighted by Gasteiger charge is -2.21. The second kappa shape index (κ2) is 6.18. The number of halogens is 1. The number of alkyl halides is 1. The molecule has 0 amide bonds. The molecule has 0 aliphatic carbocycles. The number of hydrogen-bond donors (Lipinski definition) is 1. The zero-order valence-corrected chi connectivity index (χ0v) is 11.5. The minimum absolute atomic E-state index is 0.0509. The highest BCUT2D eigenvalue weighted by atomic mass is 79.9. The first kappa shape index (κ1) is 13.4. The average molecular weight is 299 g/mol. The molecular weight excluding hydrogens is 280 g/mol. The van der Waals surface area contributed by atoms with E-state index in [1.807, 2.05) is 6.92 Å². The monoisotopic (exact) mass is 298 g/mol. The van der Waals surface area contributed by atoms with E-state index in [1.165, 1.54) is 0 Å². The lowest BCUT2D eigenvalue weighted by Crippen LogP contribution is -2.44. The molecule has 0 aromatic heterocycles. The van der Waals surface area contributed by atoms with Crippen LogP contribution in [0.5, 0.6) is 0 Å². The van der Waals surface area contributed by atoms with Gasteiger partial charge in [0.1, 0.15) is 0 Å². The Kier molecular flexibility index (Phi) is 5.52. The van der Waals surface area contributed by atoms with Crippen molar-refractivity contribution in [1.82, 2.24) is 9.03 Å². The molecule has 1 aliphatic heterocycles. The van der Waals surface area contributed by atoms with Crippen molar-refractivity contribution < 1.29 is 8.42 Å². The lowest BCUT2D eigenvalue weighted by molar-refractivity contribution is 0.446. The zero-order valence-electron chi connectivity index (χ0n) is 9.08. The fourth-order valence-corrected chi connectivity index (χ4v) is 3.84. The van der Waals surface area contributed by atoms with Crippen molar-refractivity contribution in [3.05, 3.63) is 0 Å². The summed E-state index contributed by atoms with van der Waals surface area (Å²) in [5.74, 6) is 0. The van der Waals surface area contributed by atoms with Gasteiger partial charge in [-0.25, -0.2) is 0 Å². The summed E-state index contributed by atoms with van der Waals surface area (Å²) in [4.78, 5) is 0. The maximum absolute atomic E-state index is 11.9. The van der Waals surface area contributed by atoms with Crippen LogP contribution in [0.4, 0.5) is 0 Å². The van der Waals surface area contributed by atoms with Gasteiger partial charge >= 0.3 is 0 Å². The molecule has 1 N–H and O–H groups in total. The molecule has 1 atom stereocenters. The third-order valence-electron chi connectivity index (χ3n) is 2.67. The summed E-state index contributed by atoms with van der Waals surface area (Å²) in [5, 5.41) is 0.827. The van der Waals surface area contributed by atoms with Gasteiger partial charge < -0.3 is 0 Å². The summed E-state index contributed by atoms with van der Waals surface area (Å²) in [5.41, 5.74) is 0. The lowest BCUT2D eigenvalue weighted by atomic mass is 10.2. The van der Waals surface area contributed by atoms with Crippen LogP contribution in [0.15, 0.2) is 0 Å². The second-order valence-corrected chi connectivity index (χ2v) is 6.31. The van der Waals surface area contributed by atoms with Gasteiger partial charge in [-0.05, 0) is 25.7 Å². The van der Waals surface area contributed by atoms with Crippen molar-refractivity contribution in [3.8, 4) is 0 Å². The van der Waals surface area contributed by atoms with Crippen molar-refractivity contribution in [1.29, 1.82) is 0 Å². The van der Waals surface area contributed by atoms with E-state index in [0.29, 0.717) is 13.1 Å². The molecule has 0 spiro atoms. The molecule has 1 aliphatic rings. The van der Waals surface area contributed by atoms with Crippen molar-refractivity contribution in [2.24, 2.45) is 0 Å². The second-order valence-electron chi connectivity index (χ2n) is 3.81. The van der Waals surface area contributed by atoms with Crippen LogP contribution in [0, 0.1) is 0 Å². The molecule has 4 nitrogen and oxygen atoms in total. The quantitative estimate of drug-likeness (QED) is 0.755. The third-order valence-corrected chi connectivity index (χ3v) is 4.80. The Hall–Kier alpha value is 0.350. The molecule has 1 fully saturated rings. The third kappa shape index (κ3) is 4.01. The summed E-state index contributed by atoms with van der Waals surface area (Å²) in [7, 11) is -3.23. The van der Waals surface area contributed by atoms with Gasteiger partial charge in [-0.15, -0.1) is 0 Å². The van der Waals surface area contributed by atoms with E-state index >= 15 is 0 Å². The molecule has 15 heavy (non-hydrogen) atoms. The molecule has 1 unspecified atom stereocenters. The van der Waals surface area contributed by atoms with Crippen LogP contribution in [0.25, 0.3) is 0 Å². The highest BCUT2D eigenvalue weighted by molar-refractivity contribution is 9.09. The van der Waals surface area contributed by atoms with Gasteiger partial charge in [0.05, 0.1) is 0 Å². The smallest absolute Gasteiger partial charge is 0.199 e. The van der Waals surface area contributed by atoms with Gasteiger partial charge in [0.15, 0.2) is 0 Å². The molecule has 0 aromatic carbocycles. The summed E-state index contributed by atoms with van der Waals surface area (Å²) in [6, 6.07) is 0.0509. The van der Waals surface area contributed by atoms with Gasteiger partial charge in [-0.3, -0.25) is 0 Å². The predicted octanol–water partition coefficient (Wildman–Crippen LogP) is 1.48. The SMILES string of the molecule is CCC(CCBr)NS(=O)(=O)N1CCCC1. The van der Waals surface area contributed by atoms with E-state index in [0.717, 1.165) is 31.0 Å². The van der Waals surface area contributed by atoms with Crippen LogP contribution in [-0.2, 0) is 10.2 Å². The van der Waals surface area contributed by atoms with E-state index in [-0.39, 0.29) is 6.04 Å². The summed E-state index contributed by atoms with van der Waals surface area (Å²) in [6.07, 6.45) is 3.63. The molecule has 1 heterocycles. The van der Waals surface area contributed by atoms with E-state index in [1.54, 1.807) is 4.31 Å².